The summed E-state index contributed by atoms with van der Waals surface area (Å²) in [7, 11) is 5.41. The van der Waals surface area contributed by atoms with E-state index in [1.807, 2.05) is 25.9 Å². The van der Waals surface area contributed by atoms with Crippen molar-refractivity contribution in [1.29, 1.82) is 0 Å². The zero-order valence-corrected chi connectivity index (χ0v) is 11.5. The molecule has 1 heterocycles. The van der Waals surface area contributed by atoms with Crippen LogP contribution in [0.1, 0.15) is 6.92 Å². The Hall–Kier alpha value is -1.40. The van der Waals surface area contributed by atoms with Gasteiger partial charge < -0.3 is 15.0 Å². The number of hydrogen-bond acceptors (Lipinski definition) is 5. The van der Waals surface area contributed by atoms with Crippen molar-refractivity contribution in [1.82, 2.24) is 15.1 Å². The third-order valence-corrected chi connectivity index (χ3v) is 2.63. The molecule has 0 aromatic carbocycles. The van der Waals surface area contributed by atoms with Gasteiger partial charge in [-0.2, -0.15) is 5.10 Å². The zero-order valence-electron chi connectivity index (χ0n) is 11.5. The van der Waals surface area contributed by atoms with Crippen molar-refractivity contribution >= 4 is 5.69 Å². The van der Waals surface area contributed by atoms with Crippen LogP contribution in [-0.4, -0.2) is 50.2 Å². The first-order valence-electron chi connectivity index (χ1n) is 6.05. The minimum atomic E-state index is -0.0970. The second-order valence-electron chi connectivity index (χ2n) is 4.34. The van der Waals surface area contributed by atoms with Gasteiger partial charge in [0.1, 0.15) is 0 Å². The Bertz CT molecular complexity index is 411. The summed E-state index contributed by atoms with van der Waals surface area (Å²) in [6.07, 6.45) is 1.69. The van der Waals surface area contributed by atoms with E-state index in [-0.39, 0.29) is 11.6 Å². The molecular weight excluding hydrogens is 232 g/mol. The largest absolute Gasteiger partial charge is 0.383 e. The van der Waals surface area contributed by atoms with Crippen LogP contribution in [0.4, 0.5) is 5.69 Å². The third kappa shape index (κ3) is 4.12. The van der Waals surface area contributed by atoms with Crippen molar-refractivity contribution in [2.45, 2.75) is 19.5 Å². The average Bonchev–Trinajstić information content (AvgIpc) is 2.32. The van der Waals surface area contributed by atoms with Gasteiger partial charge in [0.15, 0.2) is 0 Å². The lowest BCUT2D eigenvalue weighted by molar-refractivity contribution is 0.157. The Morgan fingerprint density at radius 3 is 2.78 bits per heavy atom. The molecule has 0 aliphatic rings. The van der Waals surface area contributed by atoms with E-state index < -0.39 is 0 Å². The van der Waals surface area contributed by atoms with Crippen LogP contribution in [0.15, 0.2) is 17.1 Å². The molecule has 1 aromatic heterocycles. The van der Waals surface area contributed by atoms with E-state index >= 15 is 0 Å². The molecule has 6 nitrogen and oxygen atoms in total. The molecule has 0 saturated carbocycles. The number of aromatic nitrogens is 2. The second-order valence-corrected chi connectivity index (χ2v) is 4.34. The Morgan fingerprint density at radius 2 is 2.28 bits per heavy atom. The summed E-state index contributed by atoms with van der Waals surface area (Å²) in [4.78, 5) is 13.8. The molecule has 0 spiro atoms. The highest BCUT2D eigenvalue weighted by Crippen LogP contribution is 2.03. The number of nitrogens with one attached hydrogen (secondary N) is 1. The lowest BCUT2D eigenvalue weighted by atomic mass is 10.3. The fourth-order valence-electron chi connectivity index (χ4n) is 1.68. The third-order valence-electron chi connectivity index (χ3n) is 2.63. The van der Waals surface area contributed by atoms with E-state index in [0.717, 1.165) is 12.2 Å². The summed E-state index contributed by atoms with van der Waals surface area (Å²) in [5, 5.41) is 7.43. The van der Waals surface area contributed by atoms with E-state index in [1.165, 1.54) is 4.68 Å². The maximum atomic E-state index is 11.9. The monoisotopic (exact) mass is 254 g/mol. The molecule has 0 bridgehead atoms. The maximum Gasteiger partial charge on any atom is 0.268 e. The van der Waals surface area contributed by atoms with Crippen LogP contribution in [0.25, 0.3) is 0 Å². The van der Waals surface area contributed by atoms with Gasteiger partial charge in [0.25, 0.3) is 5.56 Å². The summed E-state index contributed by atoms with van der Waals surface area (Å²) in [6.45, 7) is 3.91. The molecule has 6 heteroatoms. The van der Waals surface area contributed by atoms with E-state index in [1.54, 1.807) is 19.4 Å². The molecule has 102 valence electrons. The molecule has 0 aliphatic heterocycles. The molecule has 1 atom stereocenters. The summed E-state index contributed by atoms with van der Waals surface area (Å²) in [5.74, 6) is 0. The van der Waals surface area contributed by atoms with Crippen LogP contribution in [-0.2, 0) is 11.3 Å². The number of methoxy groups -OCH3 is 1. The Balaban J connectivity index is 2.80. The van der Waals surface area contributed by atoms with Gasteiger partial charge in [0.05, 0.1) is 31.1 Å². The molecule has 1 rings (SSSR count). The first-order valence-corrected chi connectivity index (χ1v) is 6.05. The minimum absolute atomic E-state index is 0.0930. The SMILES string of the molecule is CCNC(COC)Cn1ncc(N(C)C)cc1=O. The minimum Gasteiger partial charge on any atom is -0.383 e. The van der Waals surface area contributed by atoms with Gasteiger partial charge in [-0.25, -0.2) is 4.68 Å². The van der Waals surface area contributed by atoms with E-state index in [2.05, 4.69) is 10.4 Å². The molecule has 0 fully saturated rings. The predicted octanol–water partition coefficient (Wildman–Crippen LogP) is -0.0662. The molecule has 0 radical (unpaired) electrons. The topological polar surface area (TPSA) is 59.4 Å². The Kier molecular flexibility index (Phi) is 5.80. The highest BCUT2D eigenvalue weighted by atomic mass is 16.5. The zero-order chi connectivity index (χ0) is 13.5. The standard InChI is InChI=1S/C12H22N4O2/c1-5-13-10(9-18-4)8-16-12(17)6-11(7-14-16)15(2)3/h6-7,10,13H,5,8-9H2,1-4H3. The predicted molar refractivity (Wildman–Crippen MR) is 72.2 cm³/mol. The second kappa shape index (κ2) is 7.13. The van der Waals surface area contributed by atoms with Crippen LogP contribution in [0.3, 0.4) is 0 Å². The van der Waals surface area contributed by atoms with Gasteiger partial charge >= 0.3 is 0 Å². The Labute approximate surface area is 108 Å². The van der Waals surface area contributed by atoms with Gasteiger partial charge in [0, 0.05) is 27.3 Å². The fraction of sp³-hybridized carbons (Fsp3) is 0.667. The van der Waals surface area contributed by atoms with Crippen molar-refractivity contribution in [3.8, 4) is 0 Å². The lowest BCUT2D eigenvalue weighted by Crippen LogP contribution is -2.40. The smallest absolute Gasteiger partial charge is 0.268 e. The number of likely N-dealkylation sites (N-methyl/N-ethyl adjacent to an activating group) is 1. The molecule has 0 amide bonds. The number of rotatable bonds is 7. The number of ether oxygens (including phenoxy) is 1. The summed E-state index contributed by atoms with van der Waals surface area (Å²) in [5.41, 5.74) is 0.711. The molecule has 0 saturated heterocycles. The maximum absolute atomic E-state index is 11.9. The van der Waals surface area contributed by atoms with E-state index in [9.17, 15) is 4.79 Å². The van der Waals surface area contributed by atoms with E-state index in [4.69, 9.17) is 4.74 Å². The van der Waals surface area contributed by atoms with Crippen molar-refractivity contribution < 1.29 is 4.74 Å². The molecule has 0 aliphatic carbocycles. The van der Waals surface area contributed by atoms with Crippen molar-refractivity contribution in [2.75, 3.05) is 39.3 Å². The van der Waals surface area contributed by atoms with Crippen LogP contribution in [0.2, 0.25) is 0 Å². The van der Waals surface area contributed by atoms with Crippen molar-refractivity contribution in [3.63, 3.8) is 0 Å². The molecule has 1 unspecified atom stereocenters. The average molecular weight is 254 g/mol. The normalized spacial score (nSPS) is 12.4. The van der Waals surface area contributed by atoms with Crippen LogP contribution in [0, 0.1) is 0 Å². The quantitative estimate of drug-likeness (QED) is 0.738. The van der Waals surface area contributed by atoms with Crippen molar-refractivity contribution in [2.24, 2.45) is 0 Å². The van der Waals surface area contributed by atoms with Crippen LogP contribution >= 0.6 is 0 Å². The fourth-order valence-corrected chi connectivity index (χ4v) is 1.68. The lowest BCUT2D eigenvalue weighted by Gasteiger charge is -2.18. The highest BCUT2D eigenvalue weighted by Gasteiger charge is 2.10. The first-order chi connectivity index (χ1) is 8.58. The van der Waals surface area contributed by atoms with Gasteiger partial charge in [-0.15, -0.1) is 0 Å². The number of nitrogens with zero attached hydrogens (tertiary/aromatic N) is 3. The summed E-state index contributed by atoms with van der Waals surface area (Å²) < 4.78 is 6.57. The molecule has 1 aromatic rings. The molecular formula is C12H22N4O2. The first kappa shape index (κ1) is 14.7. The van der Waals surface area contributed by atoms with Crippen LogP contribution in [0.5, 0.6) is 0 Å². The highest BCUT2D eigenvalue weighted by molar-refractivity contribution is 5.40. The van der Waals surface area contributed by atoms with Gasteiger partial charge in [-0.3, -0.25) is 4.79 Å². The van der Waals surface area contributed by atoms with Gasteiger partial charge in [-0.05, 0) is 6.54 Å². The summed E-state index contributed by atoms with van der Waals surface area (Å²) in [6, 6.07) is 1.68. The number of hydrogen-bond donors (Lipinski definition) is 1. The van der Waals surface area contributed by atoms with Crippen LogP contribution < -0.4 is 15.8 Å². The van der Waals surface area contributed by atoms with Gasteiger partial charge in [0.2, 0.25) is 0 Å². The Morgan fingerprint density at radius 1 is 1.56 bits per heavy atom. The molecule has 18 heavy (non-hydrogen) atoms. The molecule has 1 N–H and O–H groups in total. The number of anilines is 1. The summed E-state index contributed by atoms with van der Waals surface area (Å²) >= 11 is 0. The van der Waals surface area contributed by atoms with Gasteiger partial charge in [-0.1, -0.05) is 6.92 Å². The van der Waals surface area contributed by atoms with Crippen molar-refractivity contribution in [3.05, 3.63) is 22.6 Å². The van der Waals surface area contributed by atoms with E-state index in [0.29, 0.717) is 13.2 Å².